The Morgan fingerprint density at radius 3 is 2.40 bits per heavy atom. The van der Waals surface area contributed by atoms with Crippen LogP contribution in [0.5, 0.6) is 0 Å². The Bertz CT molecular complexity index is 1230. The van der Waals surface area contributed by atoms with Crippen LogP contribution < -0.4 is 10.9 Å². The lowest BCUT2D eigenvalue weighted by Crippen LogP contribution is -2.35. The van der Waals surface area contributed by atoms with Gasteiger partial charge < -0.3 is 15.2 Å². The summed E-state index contributed by atoms with van der Waals surface area (Å²) in [6.07, 6.45) is 0. The summed E-state index contributed by atoms with van der Waals surface area (Å²) < 4.78 is 0. The minimum absolute atomic E-state index is 0.167. The fourth-order valence-corrected chi connectivity index (χ4v) is 4.33. The van der Waals surface area contributed by atoms with Crippen LogP contribution in [0.3, 0.4) is 0 Å². The number of para-hydroxylation sites is 1. The van der Waals surface area contributed by atoms with E-state index in [-0.39, 0.29) is 18.1 Å². The van der Waals surface area contributed by atoms with Gasteiger partial charge in [0.05, 0.1) is 11.9 Å². The van der Waals surface area contributed by atoms with Gasteiger partial charge in [0.1, 0.15) is 10.7 Å². The summed E-state index contributed by atoms with van der Waals surface area (Å²) in [7, 11) is 0. The summed E-state index contributed by atoms with van der Waals surface area (Å²) in [6, 6.07) is 18.8. The van der Waals surface area contributed by atoms with Crippen LogP contribution in [0.1, 0.15) is 21.8 Å². The molecule has 0 aliphatic heterocycles. The zero-order chi connectivity index (χ0) is 21.1. The number of hydrogen-bond donors (Lipinski definition) is 2. The highest BCUT2D eigenvalue weighted by Gasteiger charge is 2.18. The topological polar surface area (TPSA) is 78.1 Å². The molecule has 2 N–H and O–H groups in total. The van der Waals surface area contributed by atoms with E-state index in [4.69, 9.17) is 0 Å². The molecule has 30 heavy (non-hydrogen) atoms. The predicted octanol–water partition coefficient (Wildman–Crippen LogP) is 4.84. The van der Waals surface area contributed by atoms with E-state index in [1.807, 2.05) is 74.5 Å². The van der Waals surface area contributed by atoms with Crippen molar-refractivity contribution in [2.45, 2.75) is 26.9 Å². The van der Waals surface area contributed by atoms with Crippen LogP contribution in [0.2, 0.25) is 0 Å². The van der Waals surface area contributed by atoms with Gasteiger partial charge in [-0.3, -0.25) is 4.79 Å². The van der Waals surface area contributed by atoms with Gasteiger partial charge in [-0.15, -0.1) is 11.3 Å². The van der Waals surface area contributed by atoms with E-state index in [1.165, 1.54) is 11.3 Å². The summed E-state index contributed by atoms with van der Waals surface area (Å²) in [5.41, 5.74) is 2.49. The second kappa shape index (κ2) is 8.51. The van der Waals surface area contributed by atoms with Crippen LogP contribution in [-0.2, 0) is 13.1 Å². The normalized spacial score (nSPS) is 10.9. The smallest absolute Gasteiger partial charge is 0.313 e. The number of H-pyrrole nitrogens is 1. The first-order chi connectivity index (χ1) is 14.5. The van der Waals surface area contributed by atoms with E-state index in [1.54, 1.807) is 4.90 Å². The van der Waals surface area contributed by atoms with Crippen LogP contribution >= 0.6 is 11.3 Å². The SMILES string of the molecule is Cc1sc2nc(CN(Cc3ccccc3)C(=O)Nc3ccccc3)[nH]c(=O)c2c1C. The fourth-order valence-electron chi connectivity index (χ4n) is 3.28. The second-order valence-electron chi connectivity index (χ2n) is 7.11. The van der Waals surface area contributed by atoms with Gasteiger partial charge in [0.2, 0.25) is 0 Å². The number of fused-ring (bicyclic) bond motifs is 1. The Balaban J connectivity index is 1.64. The van der Waals surface area contributed by atoms with Crippen LogP contribution in [0, 0.1) is 13.8 Å². The van der Waals surface area contributed by atoms with Crippen molar-refractivity contribution >= 4 is 33.3 Å². The zero-order valence-corrected chi connectivity index (χ0v) is 17.6. The van der Waals surface area contributed by atoms with Crippen LogP contribution in [0.25, 0.3) is 10.2 Å². The van der Waals surface area contributed by atoms with Crippen molar-refractivity contribution in [3.05, 3.63) is 92.8 Å². The number of benzene rings is 2. The molecule has 6 nitrogen and oxygen atoms in total. The average Bonchev–Trinajstić information content (AvgIpc) is 3.03. The van der Waals surface area contributed by atoms with Gasteiger partial charge in [-0.2, -0.15) is 0 Å². The van der Waals surface area contributed by atoms with Crippen LogP contribution in [-0.4, -0.2) is 20.9 Å². The molecule has 0 radical (unpaired) electrons. The molecule has 0 saturated carbocycles. The van der Waals surface area contributed by atoms with Gasteiger partial charge in [0.15, 0.2) is 0 Å². The van der Waals surface area contributed by atoms with Crippen molar-refractivity contribution in [3.8, 4) is 0 Å². The number of aryl methyl sites for hydroxylation is 2. The molecular weight excluding hydrogens is 396 g/mol. The quantitative estimate of drug-likeness (QED) is 0.487. The molecule has 0 fully saturated rings. The van der Waals surface area contributed by atoms with E-state index < -0.39 is 0 Å². The van der Waals surface area contributed by atoms with Gasteiger partial charge in [-0.05, 0) is 37.1 Å². The molecule has 0 aliphatic carbocycles. The van der Waals surface area contributed by atoms with E-state index in [9.17, 15) is 9.59 Å². The monoisotopic (exact) mass is 418 g/mol. The first-order valence-corrected chi connectivity index (χ1v) is 10.5. The van der Waals surface area contributed by atoms with Gasteiger partial charge in [-0.25, -0.2) is 9.78 Å². The first-order valence-electron chi connectivity index (χ1n) is 9.65. The molecule has 0 bridgehead atoms. The number of amides is 2. The number of nitrogens with zero attached hydrogens (tertiary/aromatic N) is 2. The fraction of sp³-hybridized carbons (Fsp3) is 0.174. The van der Waals surface area contributed by atoms with Gasteiger partial charge in [-0.1, -0.05) is 48.5 Å². The molecule has 4 rings (SSSR count). The molecule has 2 heterocycles. The molecule has 0 aliphatic rings. The lowest BCUT2D eigenvalue weighted by molar-refractivity contribution is 0.205. The number of aromatic amines is 1. The van der Waals surface area contributed by atoms with Crippen molar-refractivity contribution in [3.63, 3.8) is 0 Å². The number of hydrogen-bond acceptors (Lipinski definition) is 4. The highest BCUT2D eigenvalue weighted by molar-refractivity contribution is 7.18. The standard InChI is InChI=1S/C23H22N4O2S/c1-15-16(2)30-22-20(15)21(28)25-19(26-22)14-27(13-17-9-5-3-6-10-17)23(29)24-18-11-7-4-8-12-18/h3-12H,13-14H2,1-2H3,(H,24,29)(H,25,26,28). The summed E-state index contributed by atoms with van der Waals surface area (Å²) in [6.45, 7) is 4.49. The minimum atomic E-state index is -0.258. The molecule has 0 atom stereocenters. The number of rotatable bonds is 5. The van der Waals surface area contributed by atoms with Crippen molar-refractivity contribution in [1.82, 2.24) is 14.9 Å². The summed E-state index contributed by atoms with van der Waals surface area (Å²) in [5.74, 6) is 0.466. The maximum atomic E-state index is 13.0. The molecule has 0 spiro atoms. The molecule has 2 aromatic heterocycles. The molecule has 2 amide bonds. The Kier molecular flexibility index (Phi) is 5.63. The Hall–Kier alpha value is -3.45. The molecule has 2 aromatic carbocycles. The van der Waals surface area contributed by atoms with Crippen molar-refractivity contribution in [1.29, 1.82) is 0 Å². The number of anilines is 1. The van der Waals surface area contributed by atoms with Gasteiger partial charge >= 0.3 is 6.03 Å². The maximum Gasteiger partial charge on any atom is 0.322 e. The predicted molar refractivity (Wildman–Crippen MR) is 121 cm³/mol. The van der Waals surface area contributed by atoms with E-state index in [2.05, 4.69) is 15.3 Å². The number of thiophene rings is 1. The van der Waals surface area contributed by atoms with Crippen LogP contribution in [0.15, 0.2) is 65.5 Å². The van der Waals surface area contributed by atoms with Crippen molar-refractivity contribution in [2.24, 2.45) is 0 Å². The van der Waals surface area contributed by atoms with Gasteiger partial charge in [0.25, 0.3) is 5.56 Å². The highest BCUT2D eigenvalue weighted by Crippen LogP contribution is 2.26. The van der Waals surface area contributed by atoms with Crippen LogP contribution in [0.4, 0.5) is 10.5 Å². The number of carbonyl (C=O) groups excluding carboxylic acids is 1. The first kappa shape index (κ1) is 19.8. The Morgan fingerprint density at radius 1 is 1.03 bits per heavy atom. The summed E-state index contributed by atoms with van der Waals surface area (Å²) in [4.78, 5) is 36.6. The number of aromatic nitrogens is 2. The number of urea groups is 1. The third kappa shape index (κ3) is 4.26. The molecular formula is C23H22N4O2S. The zero-order valence-electron chi connectivity index (χ0n) is 16.8. The van der Waals surface area contributed by atoms with E-state index in [0.29, 0.717) is 28.3 Å². The lowest BCUT2D eigenvalue weighted by atomic mass is 10.2. The third-order valence-corrected chi connectivity index (χ3v) is 6.06. The Labute approximate surface area is 178 Å². The maximum absolute atomic E-state index is 13.0. The number of nitrogens with one attached hydrogen (secondary N) is 2. The van der Waals surface area contributed by atoms with Crippen molar-refractivity contribution in [2.75, 3.05) is 5.32 Å². The Morgan fingerprint density at radius 2 is 1.70 bits per heavy atom. The second-order valence-corrected chi connectivity index (χ2v) is 8.32. The summed E-state index contributed by atoms with van der Waals surface area (Å²) >= 11 is 1.50. The molecule has 7 heteroatoms. The highest BCUT2D eigenvalue weighted by atomic mass is 32.1. The molecule has 4 aromatic rings. The minimum Gasteiger partial charge on any atom is -0.313 e. The number of carbonyl (C=O) groups is 1. The molecule has 152 valence electrons. The summed E-state index contributed by atoms with van der Waals surface area (Å²) in [5, 5.41) is 3.55. The van der Waals surface area contributed by atoms with Crippen molar-refractivity contribution < 1.29 is 4.79 Å². The molecule has 0 unspecified atom stereocenters. The van der Waals surface area contributed by atoms with E-state index in [0.717, 1.165) is 16.0 Å². The largest absolute Gasteiger partial charge is 0.322 e. The van der Waals surface area contributed by atoms with E-state index >= 15 is 0 Å². The average molecular weight is 419 g/mol. The lowest BCUT2D eigenvalue weighted by Gasteiger charge is -2.23. The molecule has 0 saturated heterocycles. The third-order valence-electron chi connectivity index (χ3n) is 4.96. The van der Waals surface area contributed by atoms with Gasteiger partial charge in [0, 0.05) is 17.1 Å².